The molecule has 0 bridgehead atoms. The van der Waals surface area contributed by atoms with Crippen LogP contribution in [-0.2, 0) is 6.54 Å². The lowest BCUT2D eigenvalue weighted by atomic mass is 10.1. The van der Waals surface area contributed by atoms with E-state index in [2.05, 4.69) is 10.3 Å². The Labute approximate surface area is 146 Å². The average molecular weight is 342 g/mol. The molecule has 2 heterocycles. The third kappa shape index (κ3) is 3.53. The summed E-state index contributed by atoms with van der Waals surface area (Å²) in [6.07, 6.45) is 2.64. The third-order valence-electron chi connectivity index (χ3n) is 4.35. The second kappa shape index (κ2) is 7.02. The fourth-order valence-electron chi connectivity index (χ4n) is 2.95. The summed E-state index contributed by atoms with van der Waals surface area (Å²) in [5.74, 6) is -0.194. The topological polar surface area (TPSA) is 97.4 Å². The SMILES string of the molecule is CN(C)C(=O)c1cccc(C(=O)N2CCC(n3cc(CN)nn3)C2)c1. The smallest absolute Gasteiger partial charge is 0.253 e. The highest BCUT2D eigenvalue weighted by Gasteiger charge is 2.29. The number of hydrogen-bond donors (Lipinski definition) is 1. The van der Waals surface area contributed by atoms with Gasteiger partial charge in [0.15, 0.2) is 0 Å². The van der Waals surface area contributed by atoms with Gasteiger partial charge in [0.05, 0.1) is 17.9 Å². The largest absolute Gasteiger partial charge is 0.345 e. The minimum Gasteiger partial charge on any atom is -0.345 e. The van der Waals surface area contributed by atoms with E-state index in [4.69, 9.17) is 5.73 Å². The molecule has 25 heavy (non-hydrogen) atoms. The van der Waals surface area contributed by atoms with Gasteiger partial charge in [-0.2, -0.15) is 0 Å². The lowest BCUT2D eigenvalue weighted by molar-refractivity contribution is 0.0787. The molecule has 1 saturated heterocycles. The van der Waals surface area contributed by atoms with Crippen LogP contribution < -0.4 is 5.73 Å². The summed E-state index contributed by atoms with van der Waals surface area (Å²) >= 11 is 0. The molecule has 1 fully saturated rings. The molecule has 0 aliphatic carbocycles. The fraction of sp³-hybridized carbons (Fsp3) is 0.412. The number of rotatable bonds is 4. The van der Waals surface area contributed by atoms with Crippen LogP contribution in [0.1, 0.15) is 38.9 Å². The molecule has 2 N–H and O–H groups in total. The van der Waals surface area contributed by atoms with Gasteiger partial charge in [0.1, 0.15) is 0 Å². The van der Waals surface area contributed by atoms with Crippen LogP contribution in [-0.4, -0.2) is 63.8 Å². The maximum absolute atomic E-state index is 12.8. The van der Waals surface area contributed by atoms with E-state index in [0.717, 1.165) is 12.1 Å². The first-order valence-electron chi connectivity index (χ1n) is 8.21. The second-order valence-corrected chi connectivity index (χ2v) is 6.37. The molecule has 0 spiro atoms. The zero-order valence-corrected chi connectivity index (χ0v) is 14.4. The standard InChI is InChI=1S/C17H22N6O2/c1-21(2)16(24)12-4-3-5-13(8-12)17(25)22-7-6-15(11-22)23-10-14(9-18)19-20-23/h3-5,8,10,15H,6-7,9,11,18H2,1-2H3. The summed E-state index contributed by atoms with van der Waals surface area (Å²) in [5.41, 5.74) is 7.33. The molecule has 1 aliphatic rings. The van der Waals surface area contributed by atoms with Crippen molar-refractivity contribution < 1.29 is 9.59 Å². The molecule has 3 rings (SSSR count). The monoisotopic (exact) mass is 342 g/mol. The van der Waals surface area contributed by atoms with E-state index >= 15 is 0 Å². The molecular formula is C17H22N6O2. The Bertz CT molecular complexity index is 785. The Morgan fingerprint density at radius 3 is 2.76 bits per heavy atom. The predicted octanol–water partition coefficient (Wildman–Crippen LogP) is 0.526. The van der Waals surface area contributed by atoms with E-state index in [-0.39, 0.29) is 17.9 Å². The zero-order chi connectivity index (χ0) is 18.0. The van der Waals surface area contributed by atoms with Crippen LogP contribution in [0.15, 0.2) is 30.5 Å². The average Bonchev–Trinajstić information content (AvgIpc) is 3.29. The van der Waals surface area contributed by atoms with Gasteiger partial charge >= 0.3 is 0 Å². The van der Waals surface area contributed by atoms with Crippen molar-refractivity contribution in [2.45, 2.75) is 19.0 Å². The van der Waals surface area contributed by atoms with Gasteiger partial charge < -0.3 is 15.5 Å². The Kier molecular flexibility index (Phi) is 4.80. The molecule has 1 aliphatic heterocycles. The summed E-state index contributed by atoms with van der Waals surface area (Å²) in [6.45, 7) is 1.56. The van der Waals surface area contributed by atoms with Gasteiger partial charge in [0.2, 0.25) is 0 Å². The lowest BCUT2D eigenvalue weighted by Gasteiger charge is -2.17. The minimum absolute atomic E-state index is 0.0740. The third-order valence-corrected chi connectivity index (χ3v) is 4.35. The molecule has 132 valence electrons. The van der Waals surface area contributed by atoms with Crippen molar-refractivity contribution in [2.75, 3.05) is 27.2 Å². The summed E-state index contributed by atoms with van der Waals surface area (Å²) in [6, 6.07) is 6.95. The molecule has 1 unspecified atom stereocenters. The molecule has 0 saturated carbocycles. The van der Waals surface area contributed by atoms with Gasteiger partial charge in [0, 0.05) is 44.9 Å². The maximum Gasteiger partial charge on any atom is 0.253 e. The van der Waals surface area contributed by atoms with Crippen molar-refractivity contribution in [1.82, 2.24) is 24.8 Å². The predicted molar refractivity (Wildman–Crippen MR) is 91.9 cm³/mol. The fourth-order valence-corrected chi connectivity index (χ4v) is 2.95. The van der Waals surface area contributed by atoms with E-state index in [0.29, 0.717) is 30.8 Å². The second-order valence-electron chi connectivity index (χ2n) is 6.37. The molecule has 1 aromatic carbocycles. The van der Waals surface area contributed by atoms with Crippen molar-refractivity contribution >= 4 is 11.8 Å². The molecule has 8 heteroatoms. The summed E-state index contributed by atoms with van der Waals surface area (Å²) in [5, 5.41) is 8.09. The number of carbonyl (C=O) groups excluding carboxylic acids is 2. The van der Waals surface area contributed by atoms with Gasteiger partial charge in [-0.15, -0.1) is 5.10 Å². The first-order chi connectivity index (χ1) is 12.0. The van der Waals surface area contributed by atoms with Gasteiger partial charge in [-0.3, -0.25) is 9.59 Å². The highest BCUT2D eigenvalue weighted by atomic mass is 16.2. The van der Waals surface area contributed by atoms with Crippen molar-refractivity contribution in [1.29, 1.82) is 0 Å². The highest BCUT2D eigenvalue weighted by molar-refractivity contribution is 5.99. The van der Waals surface area contributed by atoms with Gasteiger partial charge in [-0.1, -0.05) is 11.3 Å². The normalized spacial score (nSPS) is 16.9. The molecule has 8 nitrogen and oxygen atoms in total. The van der Waals surface area contributed by atoms with Crippen LogP contribution >= 0.6 is 0 Å². The van der Waals surface area contributed by atoms with Crippen LogP contribution in [0.5, 0.6) is 0 Å². The lowest BCUT2D eigenvalue weighted by Crippen LogP contribution is -2.29. The number of likely N-dealkylation sites (tertiary alicyclic amines) is 1. The molecule has 2 aromatic rings. The molecular weight excluding hydrogens is 320 g/mol. The van der Waals surface area contributed by atoms with Crippen molar-refractivity contribution in [2.24, 2.45) is 5.73 Å². The van der Waals surface area contributed by atoms with E-state index in [9.17, 15) is 9.59 Å². The van der Waals surface area contributed by atoms with E-state index in [1.54, 1.807) is 47.9 Å². The van der Waals surface area contributed by atoms with Crippen LogP contribution in [0.3, 0.4) is 0 Å². The quantitative estimate of drug-likeness (QED) is 0.874. The zero-order valence-electron chi connectivity index (χ0n) is 14.4. The summed E-state index contributed by atoms with van der Waals surface area (Å²) in [4.78, 5) is 28.1. The van der Waals surface area contributed by atoms with Gasteiger partial charge in [-0.05, 0) is 24.6 Å². The van der Waals surface area contributed by atoms with Crippen LogP contribution in [0.2, 0.25) is 0 Å². The Morgan fingerprint density at radius 1 is 1.32 bits per heavy atom. The highest BCUT2D eigenvalue weighted by Crippen LogP contribution is 2.23. The van der Waals surface area contributed by atoms with Gasteiger partial charge in [-0.25, -0.2) is 4.68 Å². The number of nitrogens with two attached hydrogens (primary N) is 1. The summed E-state index contributed by atoms with van der Waals surface area (Å²) < 4.78 is 1.78. The maximum atomic E-state index is 12.8. The Balaban J connectivity index is 1.72. The minimum atomic E-state index is -0.120. The molecule has 1 aromatic heterocycles. The molecule has 1 atom stereocenters. The van der Waals surface area contributed by atoms with E-state index in [1.165, 1.54) is 4.90 Å². The van der Waals surface area contributed by atoms with E-state index < -0.39 is 0 Å². The first-order valence-corrected chi connectivity index (χ1v) is 8.21. The van der Waals surface area contributed by atoms with Crippen molar-refractivity contribution in [3.05, 3.63) is 47.3 Å². The number of aromatic nitrogens is 3. The number of nitrogens with zero attached hydrogens (tertiary/aromatic N) is 5. The van der Waals surface area contributed by atoms with Crippen LogP contribution in [0.25, 0.3) is 0 Å². The number of amides is 2. The Hall–Kier alpha value is -2.74. The number of benzene rings is 1. The number of hydrogen-bond acceptors (Lipinski definition) is 5. The first kappa shape index (κ1) is 17.1. The molecule has 2 amide bonds. The van der Waals surface area contributed by atoms with Gasteiger partial charge in [0.25, 0.3) is 11.8 Å². The van der Waals surface area contributed by atoms with Crippen LogP contribution in [0.4, 0.5) is 0 Å². The van der Waals surface area contributed by atoms with Crippen molar-refractivity contribution in [3.63, 3.8) is 0 Å². The Morgan fingerprint density at radius 2 is 2.08 bits per heavy atom. The number of carbonyl (C=O) groups is 2. The van der Waals surface area contributed by atoms with E-state index in [1.807, 2.05) is 6.20 Å². The van der Waals surface area contributed by atoms with Crippen molar-refractivity contribution in [3.8, 4) is 0 Å². The summed E-state index contributed by atoms with van der Waals surface area (Å²) in [7, 11) is 3.38. The molecule has 0 radical (unpaired) electrons. The van der Waals surface area contributed by atoms with Crippen LogP contribution in [0, 0.1) is 0 Å².